The lowest BCUT2D eigenvalue weighted by Gasteiger charge is -2.12. The molecule has 2 aromatic carbocycles. The van der Waals surface area contributed by atoms with Gasteiger partial charge in [-0.2, -0.15) is 8.78 Å². The maximum absolute atomic E-state index is 12.1. The lowest BCUT2D eigenvalue weighted by Crippen LogP contribution is -2.27. The third kappa shape index (κ3) is 7.06. The molecule has 0 aliphatic rings. The van der Waals surface area contributed by atoms with E-state index in [-0.39, 0.29) is 18.1 Å². The second-order valence-corrected chi connectivity index (χ2v) is 5.95. The van der Waals surface area contributed by atoms with E-state index in [4.69, 9.17) is 9.47 Å². The Hall–Kier alpha value is -2.83. The maximum Gasteiger partial charge on any atom is 0.387 e. The summed E-state index contributed by atoms with van der Waals surface area (Å²) in [6, 6.07) is 11.8. The predicted molar refractivity (Wildman–Crippen MR) is 102 cm³/mol. The summed E-state index contributed by atoms with van der Waals surface area (Å²) in [7, 11) is 0. The molecule has 0 spiro atoms. The van der Waals surface area contributed by atoms with Crippen LogP contribution in [0.15, 0.2) is 42.5 Å². The summed E-state index contributed by atoms with van der Waals surface area (Å²) in [4.78, 5) is 12.1. The standard InChI is InChI=1S/C21H25F2NO4/c1-3-26-18-10-7-16(13-19(18)27-4-2)11-12-24-20(25)14-15-5-8-17(9-6-15)28-21(22)23/h5-10,13,21H,3-4,11-12,14H2,1-2H3,(H,24,25). The predicted octanol–water partition coefficient (Wildman–Crippen LogP) is 3.99. The number of halogens is 2. The summed E-state index contributed by atoms with van der Waals surface area (Å²) in [6.07, 6.45) is 0.821. The average molecular weight is 393 g/mol. The van der Waals surface area contributed by atoms with Crippen LogP contribution >= 0.6 is 0 Å². The van der Waals surface area contributed by atoms with Gasteiger partial charge in [0.05, 0.1) is 19.6 Å². The highest BCUT2D eigenvalue weighted by molar-refractivity contribution is 5.78. The quantitative estimate of drug-likeness (QED) is 0.627. The molecule has 5 nitrogen and oxygen atoms in total. The highest BCUT2D eigenvalue weighted by atomic mass is 19.3. The second kappa shape index (κ2) is 11.1. The van der Waals surface area contributed by atoms with Crippen molar-refractivity contribution in [2.75, 3.05) is 19.8 Å². The van der Waals surface area contributed by atoms with Crippen LogP contribution in [0.1, 0.15) is 25.0 Å². The summed E-state index contributed by atoms with van der Waals surface area (Å²) in [5.74, 6) is 1.33. The molecule has 0 aromatic heterocycles. The molecule has 0 fully saturated rings. The fourth-order valence-corrected chi connectivity index (χ4v) is 2.63. The molecule has 28 heavy (non-hydrogen) atoms. The van der Waals surface area contributed by atoms with Crippen LogP contribution in [0.3, 0.4) is 0 Å². The molecule has 0 bridgehead atoms. The van der Waals surface area contributed by atoms with Gasteiger partial charge < -0.3 is 19.5 Å². The maximum atomic E-state index is 12.1. The van der Waals surface area contributed by atoms with Gasteiger partial charge in [-0.3, -0.25) is 4.79 Å². The van der Waals surface area contributed by atoms with Crippen LogP contribution in [0.4, 0.5) is 8.78 Å². The van der Waals surface area contributed by atoms with Gasteiger partial charge in [0.25, 0.3) is 0 Å². The van der Waals surface area contributed by atoms with Gasteiger partial charge in [0.15, 0.2) is 11.5 Å². The molecular formula is C21H25F2NO4. The van der Waals surface area contributed by atoms with E-state index in [1.165, 1.54) is 12.1 Å². The number of rotatable bonds is 11. The summed E-state index contributed by atoms with van der Waals surface area (Å²) in [6.45, 7) is 2.55. The van der Waals surface area contributed by atoms with E-state index in [1.54, 1.807) is 12.1 Å². The third-order valence-electron chi connectivity index (χ3n) is 3.86. The SMILES string of the molecule is CCOc1ccc(CCNC(=O)Cc2ccc(OC(F)F)cc2)cc1OCC. The van der Waals surface area contributed by atoms with E-state index in [9.17, 15) is 13.6 Å². The first-order valence-corrected chi connectivity index (χ1v) is 9.20. The van der Waals surface area contributed by atoms with Gasteiger partial charge in [0.1, 0.15) is 5.75 Å². The topological polar surface area (TPSA) is 56.8 Å². The number of nitrogens with one attached hydrogen (secondary N) is 1. The van der Waals surface area contributed by atoms with Crippen molar-refractivity contribution in [3.63, 3.8) is 0 Å². The lowest BCUT2D eigenvalue weighted by atomic mass is 10.1. The van der Waals surface area contributed by atoms with Gasteiger partial charge >= 0.3 is 6.61 Å². The van der Waals surface area contributed by atoms with Crippen LogP contribution in [0.2, 0.25) is 0 Å². The summed E-state index contributed by atoms with van der Waals surface area (Å²) in [5, 5.41) is 2.86. The number of alkyl halides is 2. The molecule has 1 amide bonds. The van der Waals surface area contributed by atoms with Crippen molar-refractivity contribution in [1.82, 2.24) is 5.32 Å². The van der Waals surface area contributed by atoms with E-state index in [1.807, 2.05) is 32.0 Å². The molecule has 0 saturated heterocycles. The first kappa shape index (κ1) is 21.5. The fraction of sp³-hybridized carbons (Fsp3) is 0.381. The zero-order valence-electron chi connectivity index (χ0n) is 16.0. The molecule has 0 atom stereocenters. The zero-order valence-corrected chi connectivity index (χ0v) is 16.0. The van der Waals surface area contributed by atoms with E-state index < -0.39 is 6.61 Å². The molecule has 1 N–H and O–H groups in total. The van der Waals surface area contributed by atoms with Crippen molar-refractivity contribution in [3.05, 3.63) is 53.6 Å². The van der Waals surface area contributed by atoms with Crippen LogP contribution in [0.25, 0.3) is 0 Å². The van der Waals surface area contributed by atoms with Crippen molar-refractivity contribution in [3.8, 4) is 17.2 Å². The normalized spacial score (nSPS) is 10.6. The highest BCUT2D eigenvalue weighted by Gasteiger charge is 2.08. The number of hydrogen-bond donors (Lipinski definition) is 1. The van der Waals surface area contributed by atoms with E-state index >= 15 is 0 Å². The number of carbonyl (C=O) groups excluding carboxylic acids is 1. The van der Waals surface area contributed by atoms with Gasteiger partial charge in [-0.25, -0.2) is 0 Å². The minimum atomic E-state index is -2.86. The van der Waals surface area contributed by atoms with E-state index in [0.717, 1.165) is 11.1 Å². The van der Waals surface area contributed by atoms with Crippen LogP contribution < -0.4 is 19.5 Å². The highest BCUT2D eigenvalue weighted by Crippen LogP contribution is 2.28. The molecule has 2 aromatic rings. The van der Waals surface area contributed by atoms with Crippen LogP contribution in [0.5, 0.6) is 17.2 Å². The zero-order chi connectivity index (χ0) is 20.4. The van der Waals surface area contributed by atoms with Gasteiger partial charge in [0.2, 0.25) is 5.91 Å². The fourth-order valence-electron chi connectivity index (χ4n) is 2.63. The molecule has 0 radical (unpaired) electrons. The van der Waals surface area contributed by atoms with Crippen molar-refractivity contribution in [2.24, 2.45) is 0 Å². The molecule has 7 heteroatoms. The van der Waals surface area contributed by atoms with E-state index in [0.29, 0.717) is 37.7 Å². The minimum absolute atomic E-state index is 0.0692. The minimum Gasteiger partial charge on any atom is -0.490 e. The molecule has 152 valence electrons. The van der Waals surface area contributed by atoms with Crippen molar-refractivity contribution in [1.29, 1.82) is 0 Å². The lowest BCUT2D eigenvalue weighted by molar-refractivity contribution is -0.120. The molecule has 0 saturated carbocycles. The monoisotopic (exact) mass is 393 g/mol. The second-order valence-electron chi connectivity index (χ2n) is 5.95. The average Bonchev–Trinajstić information content (AvgIpc) is 2.65. The smallest absolute Gasteiger partial charge is 0.387 e. The molecule has 2 rings (SSSR count). The molecule has 0 aliphatic carbocycles. The number of amides is 1. The third-order valence-corrected chi connectivity index (χ3v) is 3.86. The Labute approximate surface area is 163 Å². The van der Waals surface area contributed by atoms with Gasteiger partial charge in [-0.05, 0) is 55.7 Å². The first-order valence-electron chi connectivity index (χ1n) is 9.20. The van der Waals surface area contributed by atoms with Crippen LogP contribution in [0, 0.1) is 0 Å². The van der Waals surface area contributed by atoms with Gasteiger partial charge in [-0.15, -0.1) is 0 Å². The summed E-state index contributed by atoms with van der Waals surface area (Å²) in [5.41, 5.74) is 1.75. The first-order chi connectivity index (χ1) is 13.5. The van der Waals surface area contributed by atoms with Crippen LogP contribution in [-0.2, 0) is 17.6 Å². The number of carbonyl (C=O) groups is 1. The molecular weight excluding hydrogens is 368 g/mol. The van der Waals surface area contributed by atoms with Gasteiger partial charge in [0, 0.05) is 6.54 Å². The van der Waals surface area contributed by atoms with Crippen molar-refractivity contribution < 1.29 is 27.8 Å². The summed E-state index contributed by atoms with van der Waals surface area (Å²) >= 11 is 0. The number of hydrogen-bond acceptors (Lipinski definition) is 4. The Kier molecular flexibility index (Phi) is 8.52. The largest absolute Gasteiger partial charge is 0.490 e. The van der Waals surface area contributed by atoms with Crippen molar-refractivity contribution >= 4 is 5.91 Å². The summed E-state index contributed by atoms with van der Waals surface area (Å²) < 4.78 is 39.7. The Bertz CT molecular complexity index is 751. The van der Waals surface area contributed by atoms with Crippen LogP contribution in [-0.4, -0.2) is 32.3 Å². The Morgan fingerprint density at radius 1 is 0.964 bits per heavy atom. The van der Waals surface area contributed by atoms with E-state index in [2.05, 4.69) is 10.1 Å². The Balaban J connectivity index is 1.82. The Morgan fingerprint density at radius 3 is 2.25 bits per heavy atom. The van der Waals surface area contributed by atoms with Gasteiger partial charge in [-0.1, -0.05) is 18.2 Å². The van der Waals surface area contributed by atoms with Crippen molar-refractivity contribution in [2.45, 2.75) is 33.3 Å². The molecule has 0 heterocycles. The number of benzene rings is 2. The molecule has 0 unspecified atom stereocenters. The molecule has 0 aliphatic heterocycles. The number of ether oxygens (including phenoxy) is 3. The Morgan fingerprint density at radius 2 is 1.61 bits per heavy atom.